The Morgan fingerprint density at radius 1 is 1.31 bits per heavy atom. The van der Waals surface area contributed by atoms with E-state index >= 15 is 0 Å². The number of fused-ring (bicyclic) bond motifs is 1. The quantitative estimate of drug-likeness (QED) is 0.750. The van der Waals surface area contributed by atoms with Crippen LogP contribution in [0.3, 0.4) is 0 Å². The fourth-order valence-corrected chi connectivity index (χ4v) is 2.21. The Bertz CT molecular complexity index is 486. The van der Waals surface area contributed by atoms with E-state index < -0.39 is 0 Å². The van der Waals surface area contributed by atoms with Crippen molar-refractivity contribution in [3.05, 3.63) is 30.1 Å². The number of hydrogen-bond donors (Lipinski definition) is 0. The minimum Gasteiger partial charge on any atom is -1.00 e. The molecule has 1 saturated carbocycles. The van der Waals surface area contributed by atoms with E-state index in [4.69, 9.17) is 4.98 Å². The molecule has 2 aromatic rings. The third kappa shape index (κ3) is 1.82. The Morgan fingerprint density at radius 3 is 2.75 bits per heavy atom. The van der Waals surface area contributed by atoms with Crippen molar-refractivity contribution in [2.45, 2.75) is 38.6 Å². The molecule has 0 atom stereocenters. The summed E-state index contributed by atoms with van der Waals surface area (Å²) in [7, 11) is 0. The molecule has 1 aromatic carbocycles. The molecule has 1 aliphatic carbocycles. The minimum atomic E-state index is 0. The van der Waals surface area contributed by atoms with Crippen molar-refractivity contribution in [2.75, 3.05) is 0 Å². The van der Waals surface area contributed by atoms with Crippen LogP contribution in [0.1, 0.15) is 37.9 Å². The zero-order chi connectivity index (χ0) is 10.3. The summed E-state index contributed by atoms with van der Waals surface area (Å²) in [6.45, 7) is 3.33. The second kappa shape index (κ2) is 4.46. The SMILES string of the molecule is CCCn1c(C2CC2)nc2ccccc21.[Cl-]. The van der Waals surface area contributed by atoms with Gasteiger partial charge < -0.3 is 17.0 Å². The van der Waals surface area contributed by atoms with Crippen LogP contribution in [0.2, 0.25) is 0 Å². The van der Waals surface area contributed by atoms with Crippen LogP contribution in [0.15, 0.2) is 24.3 Å². The smallest absolute Gasteiger partial charge is 0.112 e. The number of aromatic nitrogens is 2. The molecule has 0 N–H and O–H groups in total. The molecule has 0 bridgehead atoms. The predicted octanol–water partition coefficient (Wildman–Crippen LogP) is 0.328. The van der Waals surface area contributed by atoms with Gasteiger partial charge in [0, 0.05) is 12.5 Å². The van der Waals surface area contributed by atoms with E-state index in [1.807, 2.05) is 0 Å². The molecule has 2 nitrogen and oxygen atoms in total. The van der Waals surface area contributed by atoms with E-state index in [1.54, 1.807) is 0 Å². The molecule has 0 radical (unpaired) electrons. The summed E-state index contributed by atoms with van der Waals surface area (Å²) >= 11 is 0. The zero-order valence-electron chi connectivity index (χ0n) is 9.49. The molecule has 0 saturated heterocycles. The van der Waals surface area contributed by atoms with Crippen LogP contribution in [0.4, 0.5) is 0 Å². The van der Waals surface area contributed by atoms with Gasteiger partial charge in [-0.25, -0.2) is 4.98 Å². The summed E-state index contributed by atoms with van der Waals surface area (Å²) in [5.41, 5.74) is 2.47. The van der Waals surface area contributed by atoms with Gasteiger partial charge in [0.1, 0.15) is 5.82 Å². The van der Waals surface area contributed by atoms with Crippen LogP contribution < -0.4 is 12.4 Å². The molecule has 0 amide bonds. The van der Waals surface area contributed by atoms with Gasteiger partial charge in [0.05, 0.1) is 11.0 Å². The molecule has 1 fully saturated rings. The van der Waals surface area contributed by atoms with Gasteiger partial charge in [-0.1, -0.05) is 19.1 Å². The lowest BCUT2D eigenvalue weighted by Gasteiger charge is -2.05. The highest BCUT2D eigenvalue weighted by Gasteiger charge is 2.29. The molecule has 86 valence electrons. The number of para-hydroxylation sites is 2. The Hall–Kier alpha value is -1.02. The molecule has 16 heavy (non-hydrogen) atoms. The largest absolute Gasteiger partial charge is 1.00 e. The molecule has 0 spiro atoms. The maximum atomic E-state index is 4.76. The third-order valence-corrected chi connectivity index (χ3v) is 3.07. The minimum absolute atomic E-state index is 0. The van der Waals surface area contributed by atoms with E-state index in [0.29, 0.717) is 0 Å². The summed E-state index contributed by atoms with van der Waals surface area (Å²) < 4.78 is 2.41. The standard InChI is InChI=1S/C13H16N2.ClH/c1-2-9-15-12-6-4-3-5-11(12)14-13(15)10-7-8-10;/h3-6,10H,2,7-9H2,1H3;1H/p-1. The number of imidazole rings is 1. The number of halogens is 1. The fourth-order valence-electron chi connectivity index (χ4n) is 2.21. The molecular weight excluding hydrogens is 220 g/mol. The van der Waals surface area contributed by atoms with Crippen molar-refractivity contribution in [3.8, 4) is 0 Å². The molecule has 1 aromatic heterocycles. The zero-order valence-corrected chi connectivity index (χ0v) is 10.2. The van der Waals surface area contributed by atoms with Crippen LogP contribution in [0.25, 0.3) is 11.0 Å². The van der Waals surface area contributed by atoms with Crippen LogP contribution in [-0.2, 0) is 6.54 Å². The Kier molecular flexibility index (Phi) is 3.20. The first kappa shape index (κ1) is 11.5. The molecule has 0 unspecified atom stereocenters. The molecule has 0 aliphatic heterocycles. The number of aryl methyl sites for hydroxylation is 1. The third-order valence-electron chi connectivity index (χ3n) is 3.07. The summed E-state index contributed by atoms with van der Waals surface area (Å²) in [5, 5.41) is 0. The predicted molar refractivity (Wildman–Crippen MR) is 62.0 cm³/mol. The van der Waals surface area contributed by atoms with Crippen molar-refractivity contribution >= 4 is 11.0 Å². The van der Waals surface area contributed by atoms with E-state index in [0.717, 1.165) is 18.0 Å². The van der Waals surface area contributed by atoms with Crippen molar-refractivity contribution in [2.24, 2.45) is 0 Å². The number of hydrogen-bond acceptors (Lipinski definition) is 1. The highest BCUT2D eigenvalue weighted by Crippen LogP contribution is 2.40. The fraction of sp³-hybridized carbons (Fsp3) is 0.462. The lowest BCUT2D eigenvalue weighted by molar-refractivity contribution is -0.00000317. The first-order valence-corrected chi connectivity index (χ1v) is 5.85. The number of rotatable bonds is 3. The summed E-state index contributed by atoms with van der Waals surface area (Å²) in [6.07, 6.45) is 3.83. The number of nitrogens with zero attached hydrogens (tertiary/aromatic N) is 2. The first-order valence-electron chi connectivity index (χ1n) is 5.85. The van der Waals surface area contributed by atoms with Gasteiger partial charge in [-0.15, -0.1) is 0 Å². The first-order chi connectivity index (χ1) is 7.40. The normalized spacial score (nSPS) is 15.1. The average Bonchev–Trinajstić information content (AvgIpc) is 3.04. The van der Waals surface area contributed by atoms with Crippen LogP contribution in [0, 0.1) is 0 Å². The van der Waals surface area contributed by atoms with Crippen LogP contribution >= 0.6 is 0 Å². The highest BCUT2D eigenvalue weighted by molar-refractivity contribution is 5.76. The van der Waals surface area contributed by atoms with Crippen molar-refractivity contribution in [3.63, 3.8) is 0 Å². The molecule has 1 aliphatic rings. The van der Waals surface area contributed by atoms with Gasteiger partial charge >= 0.3 is 0 Å². The van der Waals surface area contributed by atoms with Crippen LogP contribution in [-0.4, -0.2) is 9.55 Å². The van der Waals surface area contributed by atoms with Gasteiger partial charge in [-0.2, -0.15) is 0 Å². The van der Waals surface area contributed by atoms with E-state index in [1.165, 1.54) is 30.6 Å². The Morgan fingerprint density at radius 2 is 2.06 bits per heavy atom. The van der Waals surface area contributed by atoms with Gasteiger partial charge in [0.2, 0.25) is 0 Å². The molecule has 1 heterocycles. The second-order valence-corrected chi connectivity index (χ2v) is 4.38. The van der Waals surface area contributed by atoms with Gasteiger partial charge in [-0.3, -0.25) is 0 Å². The lowest BCUT2D eigenvalue weighted by atomic mass is 10.3. The maximum Gasteiger partial charge on any atom is 0.112 e. The second-order valence-electron chi connectivity index (χ2n) is 4.38. The molecule has 3 heteroatoms. The summed E-state index contributed by atoms with van der Waals surface area (Å²) in [6, 6.07) is 8.48. The van der Waals surface area contributed by atoms with Gasteiger partial charge in [0.25, 0.3) is 0 Å². The lowest BCUT2D eigenvalue weighted by Crippen LogP contribution is -3.00. The van der Waals surface area contributed by atoms with Gasteiger partial charge in [0.15, 0.2) is 0 Å². The average molecular weight is 236 g/mol. The van der Waals surface area contributed by atoms with E-state index in [9.17, 15) is 0 Å². The monoisotopic (exact) mass is 235 g/mol. The molecular formula is C13H16ClN2-. The van der Waals surface area contributed by atoms with E-state index in [-0.39, 0.29) is 12.4 Å². The summed E-state index contributed by atoms with van der Waals surface area (Å²) in [4.78, 5) is 4.76. The topological polar surface area (TPSA) is 17.8 Å². The number of benzene rings is 1. The Balaban J connectivity index is 0.000000963. The van der Waals surface area contributed by atoms with Crippen molar-refractivity contribution < 1.29 is 12.4 Å². The summed E-state index contributed by atoms with van der Waals surface area (Å²) in [5.74, 6) is 2.06. The Labute approximate surface area is 102 Å². The van der Waals surface area contributed by atoms with E-state index in [2.05, 4.69) is 35.8 Å². The highest BCUT2D eigenvalue weighted by atomic mass is 35.5. The maximum absolute atomic E-state index is 4.76. The van der Waals surface area contributed by atoms with Crippen LogP contribution in [0.5, 0.6) is 0 Å². The van der Waals surface area contributed by atoms with Crippen molar-refractivity contribution in [1.82, 2.24) is 9.55 Å². The molecule has 3 rings (SSSR count). The van der Waals surface area contributed by atoms with Crippen molar-refractivity contribution in [1.29, 1.82) is 0 Å². The van der Waals surface area contributed by atoms with Gasteiger partial charge in [-0.05, 0) is 31.4 Å².